The number of hydrogen-bond acceptors (Lipinski definition) is 3. The van der Waals surface area contributed by atoms with Gasteiger partial charge in [0.1, 0.15) is 5.69 Å². The highest BCUT2D eigenvalue weighted by Gasteiger charge is 2.33. The van der Waals surface area contributed by atoms with Crippen LogP contribution in [0.1, 0.15) is 32.2 Å². The topological polar surface area (TPSA) is 33.2 Å². The van der Waals surface area contributed by atoms with Crippen molar-refractivity contribution >= 4 is 17.2 Å². The molecule has 3 nitrogen and oxygen atoms in total. The van der Waals surface area contributed by atoms with Gasteiger partial charge in [0.25, 0.3) is 5.91 Å². The van der Waals surface area contributed by atoms with Crippen molar-refractivity contribution in [2.75, 3.05) is 6.54 Å². The lowest BCUT2D eigenvalue weighted by atomic mass is 10.1. The lowest BCUT2D eigenvalue weighted by Crippen LogP contribution is -2.35. The van der Waals surface area contributed by atoms with Crippen LogP contribution >= 0.6 is 11.3 Å². The van der Waals surface area contributed by atoms with Crippen molar-refractivity contribution in [3.05, 3.63) is 51.0 Å². The van der Waals surface area contributed by atoms with E-state index in [4.69, 9.17) is 0 Å². The van der Waals surface area contributed by atoms with Crippen molar-refractivity contribution in [2.45, 2.75) is 26.1 Å². The van der Waals surface area contributed by atoms with Crippen LogP contribution in [0.2, 0.25) is 0 Å². The van der Waals surface area contributed by atoms with Gasteiger partial charge in [-0.1, -0.05) is 0 Å². The number of aromatic nitrogens is 1. The molecule has 0 fully saturated rings. The predicted molar refractivity (Wildman–Crippen MR) is 76.7 cm³/mol. The van der Waals surface area contributed by atoms with Crippen molar-refractivity contribution in [3.8, 4) is 0 Å². The van der Waals surface area contributed by atoms with Gasteiger partial charge in [-0.15, -0.1) is 11.3 Å². The van der Waals surface area contributed by atoms with Gasteiger partial charge in [0.05, 0.1) is 11.3 Å². The molecule has 0 N–H and O–H groups in total. The van der Waals surface area contributed by atoms with Gasteiger partial charge in [-0.25, -0.2) is 4.98 Å². The molecule has 0 saturated carbocycles. The molecule has 0 radical (unpaired) electrons. The van der Waals surface area contributed by atoms with Crippen molar-refractivity contribution < 1.29 is 18.0 Å². The summed E-state index contributed by atoms with van der Waals surface area (Å²) in [6.45, 7) is 2.51. The average Bonchev–Trinajstić information content (AvgIpc) is 2.92. The van der Waals surface area contributed by atoms with E-state index in [-0.39, 0.29) is 17.2 Å². The fourth-order valence-corrected chi connectivity index (χ4v) is 3.43. The highest BCUT2D eigenvalue weighted by molar-refractivity contribution is 7.10. The van der Waals surface area contributed by atoms with Crippen LogP contribution in [-0.2, 0) is 19.1 Å². The maximum Gasteiger partial charge on any atom is 0.433 e. The second-order valence-corrected chi connectivity index (χ2v) is 6.17. The Hall–Kier alpha value is -1.89. The van der Waals surface area contributed by atoms with E-state index >= 15 is 0 Å². The Bertz CT molecular complexity index is 724. The van der Waals surface area contributed by atoms with Crippen molar-refractivity contribution in [3.63, 3.8) is 0 Å². The first-order valence-electron chi connectivity index (χ1n) is 6.75. The number of pyridine rings is 1. The number of halogens is 3. The molecule has 22 heavy (non-hydrogen) atoms. The molecule has 0 spiro atoms. The second kappa shape index (κ2) is 5.39. The summed E-state index contributed by atoms with van der Waals surface area (Å²) >= 11 is 1.67. The molecule has 0 aliphatic carbocycles. The Kier molecular flexibility index (Phi) is 3.68. The average molecular weight is 326 g/mol. The lowest BCUT2D eigenvalue weighted by molar-refractivity contribution is -0.141. The summed E-state index contributed by atoms with van der Waals surface area (Å²) in [4.78, 5) is 19.0. The highest BCUT2D eigenvalue weighted by Crippen LogP contribution is 2.29. The number of thiophene rings is 1. The van der Waals surface area contributed by atoms with Crippen LogP contribution in [0.15, 0.2) is 23.6 Å². The van der Waals surface area contributed by atoms with Crippen molar-refractivity contribution in [2.24, 2.45) is 0 Å². The van der Waals surface area contributed by atoms with Crippen LogP contribution in [0.4, 0.5) is 13.2 Å². The molecule has 0 aromatic carbocycles. The standard InChI is InChI=1S/C15H13F3N2OS/c1-9-11(2-3-13(19-9)15(16,17)18)14(21)20-6-4-12-10(8-20)5-7-22-12/h2-3,5,7H,4,6,8H2,1H3. The van der Waals surface area contributed by atoms with Crippen LogP contribution < -0.4 is 0 Å². The normalized spacial score (nSPS) is 14.8. The zero-order chi connectivity index (χ0) is 15.9. The quantitative estimate of drug-likeness (QED) is 0.801. The summed E-state index contributed by atoms with van der Waals surface area (Å²) in [5.41, 5.74) is 0.477. The van der Waals surface area contributed by atoms with Crippen LogP contribution in [0, 0.1) is 6.92 Å². The lowest BCUT2D eigenvalue weighted by Gasteiger charge is -2.27. The zero-order valence-corrected chi connectivity index (χ0v) is 12.6. The number of aryl methyl sites for hydroxylation is 1. The summed E-state index contributed by atoms with van der Waals surface area (Å²) in [6, 6.07) is 4.06. The zero-order valence-electron chi connectivity index (χ0n) is 11.8. The smallest absolute Gasteiger partial charge is 0.334 e. The van der Waals surface area contributed by atoms with E-state index in [0.717, 1.165) is 18.1 Å². The Morgan fingerprint density at radius 3 is 2.77 bits per heavy atom. The monoisotopic (exact) mass is 326 g/mol. The molecule has 0 bridgehead atoms. The van der Waals surface area contributed by atoms with Gasteiger partial charge in [-0.05, 0) is 42.5 Å². The highest BCUT2D eigenvalue weighted by atomic mass is 32.1. The second-order valence-electron chi connectivity index (χ2n) is 5.17. The molecule has 1 amide bonds. The Balaban J connectivity index is 1.84. The number of nitrogens with zero attached hydrogens (tertiary/aromatic N) is 2. The van der Waals surface area contributed by atoms with Gasteiger partial charge < -0.3 is 4.90 Å². The van der Waals surface area contributed by atoms with E-state index in [9.17, 15) is 18.0 Å². The van der Waals surface area contributed by atoms with Gasteiger partial charge >= 0.3 is 6.18 Å². The van der Waals surface area contributed by atoms with E-state index < -0.39 is 11.9 Å². The van der Waals surface area contributed by atoms with Gasteiger partial charge in [0.2, 0.25) is 0 Å². The molecule has 116 valence electrons. The molecule has 1 aliphatic rings. The number of carbonyl (C=O) groups excluding carboxylic acids is 1. The Morgan fingerprint density at radius 2 is 2.09 bits per heavy atom. The molecule has 2 aromatic rings. The van der Waals surface area contributed by atoms with E-state index in [1.54, 1.807) is 16.2 Å². The summed E-state index contributed by atoms with van der Waals surface area (Å²) in [5.74, 6) is -0.268. The minimum Gasteiger partial charge on any atom is -0.334 e. The minimum atomic E-state index is -4.50. The summed E-state index contributed by atoms with van der Waals surface area (Å²) < 4.78 is 37.9. The Morgan fingerprint density at radius 1 is 1.32 bits per heavy atom. The number of rotatable bonds is 1. The maximum absolute atomic E-state index is 12.6. The summed E-state index contributed by atoms with van der Waals surface area (Å²) in [7, 11) is 0. The molecule has 0 atom stereocenters. The maximum atomic E-state index is 12.6. The molecular formula is C15H13F3N2OS. The van der Waals surface area contributed by atoms with Crippen LogP contribution in [0.5, 0.6) is 0 Å². The molecule has 1 aliphatic heterocycles. The molecule has 0 saturated heterocycles. The minimum absolute atomic E-state index is 0.107. The largest absolute Gasteiger partial charge is 0.433 e. The van der Waals surface area contributed by atoms with Crippen LogP contribution in [-0.4, -0.2) is 22.3 Å². The SMILES string of the molecule is Cc1nc(C(F)(F)F)ccc1C(=O)N1CCc2sccc2C1. The number of carbonyl (C=O) groups is 1. The first kappa shape index (κ1) is 15.0. The molecule has 3 heterocycles. The molecule has 7 heteroatoms. The number of fused-ring (bicyclic) bond motifs is 1. The first-order chi connectivity index (χ1) is 10.4. The van der Waals surface area contributed by atoms with Crippen molar-refractivity contribution in [1.82, 2.24) is 9.88 Å². The first-order valence-corrected chi connectivity index (χ1v) is 7.63. The van der Waals surface area contributed by atoms with Crippen LogP contribution in [0.3, 0.4) is 0 Å². The van der Waals surface area contributed by atoms with Gasteiger partial charge in [-0.2, -0.15) is 13.2 Å². The number of alkyl halides is 3. The van der Waals surface area contributed by atoms with E-state index in [0.29, 0.717) is 13.1 Å². The van der Waals surface area contributed by atoms with Crippen LogP contribution in [0.25, 0.3) is 0 Å². The fraction of sp³-hybridized carbons (Fsp3) is 0.333. The predicted octanol–water partition coefficient (Wildman–Crippen LogP) is 3.67. The summed E-state index contributed by atoms with van der Waals surface area (Å²) in [6.07, 6.45) is -3.71. The summed E-state index contributed by atoms with van der Waals surface area (Å²) in [5, 5.41) is 1.99. The van der Waals surface area contributed by atoms with E-state index in [1.165, 1.54) is 17.9 Å². The molecule has 0 unspecified atom stereocenters. The third-order valence-electron chi connectivity index (χ3n) is 3.70. The third kappa shape index (κ3) is 2.72. The van der Waals surface area contributed by atoms with Gasteiger partial charge in [0, 0.05) is 18.0 Å². The van der Waals surface area contributed by atoms with Gasteiger partial charge in [0.15, 0.2) is 0 Å². The van der Waals surface area contributed by atoms with Crippen molar-refractivity contribution in [1.29, 1.82) is 0 Å². The van der Waals surface area contributed by atoms with E-state index in [1.807, 2.05) is 11.4 Å². The van der Waals surface area contributed by atoms with E-state index in [2.05, 4.69) is 4.98 Å². The fourth-order valence-electron chi connectivity index (χ4n) is 2.54. The molecule has 2 aromatic heterocycles. The van der Waals surface area contributed by atoms with Gasteiger partial charge in [-0.3, -0.25) is 4.79 Å². The third-order valence-corrected chi connectivity index (χ3v) is 4.72. The Labute approximate surface area is 129 Å². The molecule has 3 rings (SSSR count). The number of amides is 1. The number of hydrogen-bond donors (Lipinski definition) is 0. The molecular weight excluding hydrogens is 313 g/mol.